The van der Waals surface area contributed by atoms with Crippen LogP contribution in [-0.2, 0) is 17.8 Å². The van der Waals surface area contributed by atoms with Gasteiger partial charge in [0.25, 0.3) is 0 Å². The smallest absolute Gasteiger partial charge is 0.235 e. The predicted octanol–water partition coefficient (Wildman–Crippen LogP) is 2.15. The summed E-state index contributed by atoms with van der Waals surface area (Å²) >= 11 is 3.20. The molecule has 0 N–H and O–H groups in total. The van der Waals surface area contributed by atoms with Gasteiger partial charge in [-0.1, -0.05) is 17.8 Å². The van der Waals surface area contributed by atoms with E-state index in [1.165, 1.54) is 16.6 Å². The van der Waals surface area contributed by atoms with Crippen LogP contribution in [0.25, 0.3) is 0 Å². The molecule has 0 aromatic carbocycles. The van der Waals surface area contributed by atoms with Gasteiger partial charge in [-0.15, -0.1) is 21.5 Å². The SMILES string of the molecule is CC(Sc1nncn1CCc1cccs1)C(=O)N(C)C. The van der Waals surface area contributed by atoms with Crippen molar-refractivity contribution in [3.8, 4) is 0 Å². The average Bonchev–Trinajstić information content (AvgIpc) is 3.06. The Morgan fingerprint density at radius 2 is 2.35 bits per heavy atom. The first-order chi connectivity index (χ1) is 9.58. The minimum absolute atomic E-state index is 0.0859. The van der Waals surface area contributed by atoms with Crippen LogP contribution in [0.4, 0.5) is 0 Å². The first-order valence-electron chi connectivity index (χ1n) is 6.36. The maximum absolute atomic E-state index is 11.9. The van der Waals surface area contributed by atoms with E-state index in [1.807, 2.05) is 11.5 Å². The number of nitrogens with zero attached hydrogens (tertiary/aromatic N) is 4. The van der Waals surface area contributed by atoms with Crippen molar-refractivity contribution in [1.29, 1.82) is 0 Å². The van der Waals surface area contributed by atoms with E-state index in [0.717, 1.165) is 18.1 Å². The Hall–Kier alpha value is -1.34. The number of aromatic nitrogens is 3. The summed E-state index contributed by atoms with van der Waals surface area (Å²) in [6.45, 7) is 2.73. The van der Waals surface area contributed by atoms with Gasteiger partial charge in [0, 0.05) is 25.5 Å². The summed E-state index contributed by atoms with van der Waals surface area (Å²) in [7, 11) is 3.53. The largest absolute Gasteiger partial charge is 0.348 e. The molecule has 2 aromatic rings. The lowest BCUT2D eigenvalue weighted by Gasteiger charge is -2.16. The van der Waals surface area contributed by atoms with Crippen molar-refractivity contribution < 1.29 is 4.79 Å². The number of aryl methyl sites for hydroxylation is 2. The molecule has 1 amide bonds. The van der Waals surface area contributed by atoms with Crippen molar-refractivity contribution in [2.45, 2.75) is 30.3 Å². The topological polar surface area (TPSA) is 51.0 Å². The molecule has 0 saturated heterocycles. The molecular formula is C13H18N4OS2. The lowest BCUT2D eigenvalue weighted by atomic mass is 10.3. The number of thioether (sulfide) groups is 1. The molecule has 1 unspecified atom stereocenters. The third kappa shape index (κ3) is 3.83. The average molecular weight is 310 g/mol. The van der Waals surface area contributed by atoms with Crippen molar-refractivity contribution in [3.63, 3.8) is 0 Å². The van der Waals surface area contributed by atoms with Gasteiger partial charge in [-0.3, -0.25) is 4.79 Å². The second-order valence-corrected chi connectivity index (χ2v) is 6.97. The van der Waals surface area contributed by atoms with Gasteiger partial charge in [0.2, 0.25) is 5.91 Å². The molecular weight excluding hydrogens is 292 g/mol. The minimum Gasteiger partial charge on any atom is -0.348 e. The van der Waals surface area contributed by atoms with Crippen LogP contribution in [0.3, 0.4) is 0 Å². The first-order valence-corrected chi connectivity index (χ1v) is 8.12. The highest BCUT2D eigenvalue weighted by molar-refractivity contribution is 8.00. The summed E-state index contributed by atoms with van der Waals surface area (Å²) in [6, 6.07) is 4.18. The fraction of sp³-hybridized carbons (Fsp3) is 0.462. The van der Waals surface area contributed by atoms with E-state index in [1.54, 1.807) is 36.7 Å². The van der Waals surface area contributed by atoms with Gasteiger partial charge in [-0.05, 0) is 24.8 Å². The molecule has 5 nitrogen and oxygen atoms in total. The molecule has 0 fully saturated rings. The molecule has 0 saturated carbocycles. The van der Waals surface area contributed by atoms with E-state index in [4.69, 9.17) is 0 Å². The van der Waals surface area contributed by atoms with Gasteiger partial charge in [-0.2, -0.15) is 0 Å². The number of rotatable bonds is 6. The van der Waals surface area contributed by atoms with Crippen molar-refractivity contribution in [1.82, 2.24) is 19.7 Å². The monoisotopic (exact) mass is 310 g/mol. The number of hydrogen-bond donors (Lipinski definition) is 0. The number of hydrogen-bond acceptors (Lipinski definition) is 5. The Labute approximate surface area is 127 Å². The zero-order valence-electron chi connectivity index (χ0n) is 11.8. The van der Waals surface area contributed by atoms with Gasteiger partial charge in [0.1, 0.15) is 6.33 Å². The molecule has 20 heavy (non-hydrogen) atoms. The highest BCUT2D eigenvalue weighted by Crippen LogP contribution is 2.22. The lowest BCUT2D eigenvalue weighted by Crippen LogP contribution is -2.29. The summed E-state index contributed by atoms with van der Waals surface area (Å²) in [5, 5.41) is 10.8. The van der Waals surface area contributed by atoms with Crippen LogP contribution in [0.1, 0.15) is 11.8 Å². The quantitative estimate of drug-likeness (QED) is 0.767. The van der Waals surface area contributed by atoms with E-state index in [2.05, 4.69) is 27.7 Å². The van der Waals surface area contributed by atoms with E-state index in [9.17, 15) is 4.79 Å². The van der Waals surface area contributed by atoms with E-state index in [-0.39, 0.29) is 11.2 Å². The van der Waals surface area contributed by atoms with Crippen LogP contribution in [0.5, 0.6) is 0 Å². The molecule has 2 rings (SSSR count). The summed E-state index contributed by atoms with van der Waals surface area (Å²) in [5.74, 6) is 0.0859. The molecule has 0 radical (unpaired) electrons. The Morgan fingerprint density at radius 1 is 1.55 bits per heavy atom. The minimum atomic E-state index is -0.158. The van der Waals surface area contributed by atoms with Crippen molar-refractivity contribution in [3.05, 3.63) is 28.7 Å². The van der Waals surface area contributed by atoms with Gasteiger partial charge < -0.3 is 9.47 Å². The van der Waals surface area contributed by atoms with E-state index < -0.39 is 0 Å². The Bertz CT molecular complexity index is 550. The molecule has 0 bridgehead atoms. The zero-order valence-corrected chi connectivity index (χ0v) is 13.4. The Morgan fingerprint density at radius 3 is 3.00 bits per heavy atom. The summed E-state index contributed by atoms with van der Waals surface area (Å²) in [5.41, 5.74) is 0. The third-order valence-corrected chi connectivity index (χ3v) is 4.85. The molecule has 0 aliphatic heterocycles. The fourth-order valence-electron chi connectivity index (χ4n) is 1.75. The normalized spacial score (nSPS) is 12.3. The molecule has 7 heteroatoms. The van der Waals surface area contributed by atoms with Crippen LogP contribution in [0, 0.1) is 0 Å². The summed E-state index contributed by atoms with van der Waals surface area (Å²) in [6.07, 6.45) is 2.68. The Balaban J connectivity index is 1.96. The van der Waals surface area contributed by atoms with Crippen molar-refractivity contribution in [2.24, 2.45) is 0 Å². The molecule has 2 aromatic heterocycles. The number of amides is 1. The van der Waals surface area contributed by atoms with Crippen molar-refractivity contribution >= 4 is 29.0 Å². The highest BCUT2D eigenvalue weighted by atomic mass is 32.2. The van der Waals surface area contributed by atoms with Crippen LogP contribution in [0.2, 0.25) is 0 Å². The molecule has 1 atom stereocenters. The van der Waals surface area contributed by atoms with Gasteiger partial charge >= 0.3 is 0 Å². The van der Waals surface area contributed by atoms with E-state index >= 15 is 0 Å². The van der Waals surface area contributed by atoms with Gasteiger partial charge in [0.15, 0.2) is 5.16 Å². The maximum atomic E-state index is 11.9. The van der Waals surface area contributed by atoms with Crippen molar-refractivity contribution in [2.75, 3.05) is 14.1 Å². The molecule has 0 aliphatic carbocycles. The van der Waals surface area contributed by atoms with Crippen LogP contribution < -0.4 is 0 Å². The van der Waals surface area contributed by atoms with Crippen LogP contribution in [0.15, 0.2) is 29.0 Å². The number of thiophene rings is 1. The molecule has 108 valence electrons. The van der Waals surface area contributed by atoms with Crippen LogP contribution in [-0.4, -0.2) is 44.9 Å². The second kappa shape index (κ2) is 6.90. The van der Waals surface area contributed by atoms with E-state index in [0.29, 0.717) is 0 Å². The van der Waals surface area contributed by atoms with Crippen LogP contribution >= 0.6 is 23.1 Å². The second-order valence-electron chi connectivity index (χ2n) is 4.63. The third-order valence-electron chi connectivity index (χ3n) is 2.83. The lowest BCUT2D eigenvalue weighted by molar-refractivity contribution is -0.127. The number of carbonyl (C=O) groups excluding carboxylic acids is 1. The molecule has 0 aliphatic rings. The standard InChI is InChI=1S/C13H18N4OS2/c1-10(12(18)16(2)3)20-13-15-14-9-17(13)7-6-11-5-4-8-19-11/h4-5,8-10H,6-7H2,1-3H3. The first kappa shape index (κ1) is 15.1. The fourth-order valence-corrected chi connectivity index (χ4v) is 3.44. The van der Waals surface area contributed by atoms with Gasteiger partial charge in [0.05, 0.1) is 5.25 Å². The zero-order chi connectivity index (χ0) is 14.5. The summed E-state index contributed by atoms with van der Waals surface area (Å²) < 4.78 is 2.00. The summed E-state index contributed by atoms with van der Waals surface area (Å²) in [4.78, 5) is 14.8. The highest BCUT2D eigenvalue weighted by Gasteiger charge is 2.19. The van der Waals surface area contributed by atoms with Gasteiger partial charge in [-0.25, -0.2) is 0 Å². The number of carbonyl (C=O) groups is 1. The predicted molar refractivity (Wildman–Crippen MR) is 82.1 cm³/mol. The maximum Gasteiger partial charge on any atom is 0.235 e. The Kier molecular flexibility index (Phi) is 5.19. The molecule has 2 heterocycles. The molecule has 0 spiro atoms.